The Morgan fingerprint density at radius 1 is 1.57 bits per heavy atom. The molecule has 0 bridgehead atoms. The molecule has 0 amide bonds. The van der Waals surface area contributed by atoms with Gasteiger partial charge in [-0.3, -0.25) is 10.1 Å². The number of hydrogen-bond donors (Lipinski definition) is 0. The molecule has 0 N–H and O–H groups in total. The van der Waals surface area contributed by atoms with Crippen molar-refractivity contribution < 1.29 is 4.92 Å². The fourth-order valence-electron chi connectivity index (χ4n) is 1.32. The van der Waals surface area contributed by atoms with Crippen LogP contribution in [0.15, 0.2) is 18.2 Å². The quantitative estimate of drug-likeness (QED) is 0.474. The van der Waals surface area contributed by atoms with Gasteiger partial charge in [-0.05, 0) is 18.9 Å². The first-order valence-corrected chi connectivity index (χ1v) is 5.30. The molecule has 14 heavy (non-hydrogen) atoms. The van der Waals surface area contributed by atoms with E-state index in [4.69, 9.17) is 0 Å². The van der Waals surface area contributed by atoms with Gasteiger partial charge < -0.3 is 0 Å². The largest absolute Gasteiger partial charge is 0.272 e. The van der Waals surface area contributed by atoms with E-state index in [-0.39, 0.29) is 15.4 Å². The highest BCUT2D eigenvalue weighted by Crippen LogP contribution is 2.22. The van der Waals surface area contributed by atoms with Crippen LogP contribution >= 0.6 is 15.9 Å². The van der Waals surface area contributed by atoms with E-state index in [1.807, 2.05) is 26.0 Å². The third-order valence-corrected chi connectivity index (χ3v) is 2.26. The SMILES string of the molecule is Cc1ccc(CC(C)Br)c([N+](=O)[O-])c1. The molecule has 0 spiro atoms. The molecule has 1 atom stereocenters. The van der Waals surface area contributed by atoms with Gasteiger partial charge in [0.15, 0.2) is 0 Å². The average Bonchev–Trinajstić information content (AvgIpc) is 2.07. The molecule has 3 nitrogen and oxygen atoms in total. The van der Waals surface area contributed by atoms with Crippen molar-refractivity contribution in [2.24, 2.45) is 0 Å². The Labute approximate surface area is 91.4 Å². The second kappa shape index (κ2) is 4.55. The number of nitro groups is 1. The third-order valence-electron chi connectivity index (χ3n) is 1.94. The predicted molar refractivity (Wildman–Crippen MR) is 59.9 cm³/mol. The van der Waals surface area contributed by atoms with E-state index < -0.39 is 0 Å². The highest BCUT2D eigenvalue weighted by molar-refractivity contribution is 9.09. The molecule has 0 aliphatic carbocycles. The van der Waals surface area contributed by atoms with Crippen molar-refractivity contribution in [3.05, 3.63) is 39.4 Å². The Morgan fingerprint density at radius 3 is 2.71 bits per heavy atom. The molecular formula is C10H12BrNO2. The summed E-state index contributed by atoms with van der Waals surface area (Å²) in [5, 5.41) is 10.7. The van der Waals surface area contributed by atoms with Crippen LogP contribution < -0.4 is 0 Å². The molecule has 1 aromatic carbocycles. The van der Waals surface area contributed by atoms with Crippen LogP contribution in [0, 0.1) is 17.0 Å². The number of alkyl halides is 1. The number of rotatable bonds is 3. The number of nitrogens with zero attached hydrogens (tertiary/aromatic N) is 1. The number of nitro benzene ring substituents is 1. The maximum Gasteiger partial charge on any atom is 0.272 e. The van der Waals surface area contributed by atoms with E-state index in [1.54, 1.807) is 6.07 Å². The fraction of sp³-hybridized carbons (Fsp3) is 0.400. The van der Waals surface area contributed by atoms with Crippen LogP contribution in [0.25, 0.3) is 0 Å². The summed E-state index contributed by atoms with van der Waals surface area (Å²) in [6.07, 6.45) is 0.677. The second-order valence-electron chi connectivity index (χ2n) is 3.37. The normalized spacial score (nSPS) is 12.5. The smallest absolute Gasteiger partial charge is 0.258 e. The minimum absolute atomic E-state index is 0.219. The van der Waals surface area contributed by atoms with E-state index >= 15 is 0 Å². The number of halogens is 1. The van der Waals surface area contributed by atoms with Crippen LogP contribution in [0.4, 0.5) is 5.69 Å². The molecule has 0 saturated carbocycles. The zero-order valence-corrected chi connectivity index (χ0v) is 9.74. The Hall–Kier alpha value is -0.900. The van der Waals surface area contributed by atoms with Gasteiger partial charge in [0, 0.05) is 16.5 Å². The summed E-state index contributed by atoms with van der Waals surface area (Å²) >= 11 is 3.39. The van der Waals surface area contributed by atoms with Gasteiger partial charge in [0.2, 0.25) is 0 Å². The number of aryl methyl sites for hydroxylation is 1. The molecule has 1 rings (SSSR count). The van der Waals surface area contributed by atoms with Crippen LogP contribution in [0.1, 0.15) is 18.1 Å². The Bertz CT molecular complexity index is 350. The number of hydrogen-bond acceptors (Lipinski definition) is 2. The molecule has 0 saturated heterocycles. The summed E-state index contributed by atoms with van der Waals surface area (Å²) in [6, 6.07) is 5.34. The Kier molecular flexibility index (Phi) is 3.63. The maximum atomic E-state index is 10.7. The molecule has 0 aromatic heterocycles. The molecule has 4 heteroatoms. The molecular weight excluding hydrogens is 246 g/mol. The van der Waals surface area contributed by atoms with Crippen molar-refractivity contribution in [2.45, 2.75) is 25.1 Å². The molecule has 0 radical (unpaired) electrons. The van der Waals surface area contributed by atoms with Gasteiger partial charge >= 0.3 is 0 Å². The maximum absolute atomic E-state index is 10.7. The van der Waals surface area contributed by atoms with E-state index in [9.17, 15) is 10.1 Å². The van der Waals surface area contributed by atoms with Gasteiger partial charge in [-0.25, -0.2) is 0 Å². The molecule has 1 aromatic rings. The lowest BCUT2D eigenvalue weighted by atomic mass is 10.1. The van der Waals surface area contributed by atoms with Gasteiger partial charge in [-0.15, -0.1) is 0 Å². The van der Waals surface area contributed by atoms with Crippen molar-refractivity contribution in [1.82, 2.24) is 0 Å². The van der Waals surface area contributed by atoms with Gasteiger partial charge in [-0.1, -0.05) is 35.0 Å². The van der Waals surface area contributed by atoms with Crippen molar-refractivity contribution >= 4 is 21.6 Å². The highest BCUT2D eigenvalue weighted by atomic mass is 79.9. The average molecular weight is 258 g/mol. The molecule has 0 heterocycles. The molecule has 0 fully saturated rings. The van der Waals surface area contributed by atoms with Crippen LogP contribution in [0.5, 0.6) is 0 Å². The molecule has 0 aliphatic heterocycles. The third kappa shape index (κ3) is 2.80. The summed E-state index contributed by atoms with van der Waals surface area (Å²) in [4.78, 5) is 10.7. The molecule has 76 valence electrons. The molecule has 0 aliphatic rings. The van der Waals surface area contributed by atoms with Crippen molar-refractivity contribution in [2.75, 3.05) is 0 Å². The lowest BCUT2D eigenvalue weighted by Gasteiger charge is -2.05. The zero-order valence-electron chi connectivity index (χ0n) is 8.16. The van der Waals surface area contributed by atoms with Crippen LogP contribution in [0.2, 0.25) is 0 Å². The first-order valence-electron chi connectivity index (χ1n) is 4.38. The van der Waals surface area contributed by atoms with E-state index in [0.29, 0.717) is 6.42 Å². The lowest BCUT2D eigenvalue weighted by molar-refractivity contribution is -0.385. The van der Waals surface area contributed by atoms with Crippen LogP contribution in [0.3, 0.4) is 0 Å². The fourth-order valence-corrected chi connectivity index (χ4v) is 1.67. The van der Waals surface area contributed by atoms with Gasteiger partial charge in [0.25, 0.3) is 5.69 Å². The van der Waals surface area contributed by atoms with Crippen LogP contribution in [-0.4, -0.2) is 9.75 Å². The van der Waals surface area contributed by atoms with E-state index in [1.165, 1.54) is 0 Å². The van der Waals surface area contributed by atoms with E-state index in [0.717, 1.165) is 11.1 Å². The predicted octanol–water partition coefficient (Wildman–Crippen LogP) is 3.23. The Balaban J connectivity index is 3.08. The molecule has 1 unspecified atom stereocenters. The monoisotopic (exact) mass is 257 g/mol. The van der Waals surface area contributed by atoms with Crippen LogP contribution in [-0.2, 0) is 6.42 Å². The summed E-state index contributed by atoms with van der Waals surface area (Å²) in [5.74, 6) is 0. The summed E-state index contributed by atoms with van der Waals surface area (Å²) < 4.78 is 0. The standard InChI is InChI=1S/C10H12BrNO2/c1-7-3-4-9(6-8(2)11)10(5-7)12(13)14/h3-5,8H,6H2,1-2H3. The lowest BCUT2D eigenvalue weighted by Crippen LogP contribution is -2.01. The van der Waals surface area contributed by atoms with Gasteiger partial charge in [0.1, 0.15) is 0 Å². The summed E-state index contributed by atoms with van der Waals surface area (Å²) in [7, 11) is 0. The van der Waals surface area contributed by atoms with Crippen molar-refractivity contribution in [3.8, 4) is 0 Å². The minimum Gasteiger partial charge on any atom is -0.258 e. The van der Waals surface area contributed by atoms with Gasteiger partial charge in [0.05, 0.1) is 4.92 Å². The summed E-state index contributed by atoms with van der Waals surface area (Å²) in [5.41, 5.74) is 1.92. The van der Waals surface area contributed by atoms with E-state index in [2.05, 4.69) is 15.9 Å². The van der Waals surface area contributed by atoms with Crippen molar-refractivity contribution in [3.63, 3.8) is 0 Å². The number of benzene rings is 1. The van der Waals surface area contributed by atoms with Crippen molar-refractivity contribution in [1.29, 1.82) is 0 Å². The van der Waals surface area contributed by atoms with Gasteiger partial charge in [-0.2, -0.15) is 0 Å². The second-order valence-corrected chi connectivity index (χ2v) is 4.94. The topological polar surface area (TPSA) is 43.1 Å². The summed E-state index contributed by atoms with van der Waals surface area (Å²) in [6.45, 7) is 3.83. The zero-order chi connectivity index (χ0) is 10.7. The Morgan fingerprint density at radius 2 is 2.21 bits per heavy atom. The minimum atomic E-state index is -0.322. The first-order chi connectivity index (χ1) is 6.50. The highest BCUT2D eigenvalue weighted by Gasteiger charge is 2.14. The first kappa shape index (κ1) is 11.2.